The van der Waals surface area contributed by atoms with Crippen molar-refractivity contribution in [1.82, 2.24) is 0 Å². The van der Waals surface area contributed by atoms with Crippen LogP contribution in [0.1, 0.15) is 52.9 Å². The van der Waals surface area contributed by atoms with Gasteiger partial charge in [0.2, 0.25) is 0 Å². The van der Waals surface area contributed by atoms with Crippen molar-refractivity contribution >= 4 is 17.7 Å². The standard InChI is InChI=1S/C13H19F3N2S/c1-11(2,3)19-18-10-4-6-12(7-5-10,8-9-17)13(14,15)16/h4-8H2,1-3H3. The first kappa shape index (κ1) is 16.4. The van der Waals surface area contributed by atoms with Gasteiger partial charge in [0.1, 0.15) is 0 Å². The van der Waals surface area contributed by atoms with E-state index in [1.165, 1.54) is 11.9 Å². The summed E-state index contributed by atoms with van der Waals surface area (Å²) in [7, 11) is 0. The SMILES string of the molecule is CC(C)(C)SN=C1CCC(CC#N)(C(F)(F)F)CC1. The van der Waals surface area contributed by atoms with E-state index in [0.717, 1.165) is 5.71 Å². The predicted octanol–water partition coefficient (Wildman–Crippen LogP) is 4.91. The molecule has 0 amide bonds. The molecule has 1 rings (SSSR count). The summed E-state index contributed by atoms with van der Waals surface area (Å²) < 4.78 is 43.6. The Balaban J connectivity index is 2.72. The normalized spacial score (nSPS) is 25.0. The van der Waals surface area contributed by atoms with Gasteiger partial charge >= 0.3 is 6.18 Å². The average Bonchev–Trinajstić information content (AvgIpc) is 2.26. The highest BCUT2D eigenvalue weighted by Gasteiger charge is 2.55. The summed E-state index contributed by atoms with van der Waals surface area (Å²) in [5, 5.41) is 8.64. The van der Waals surface area contributed by atoms with Gasteiger partial charge < -0.3 is 0 Å². The third kappa shape index (κ3) is 4.41. The topological polar surface area (TPSA) is 36.1 Å². The second-order valence-corrected chi connectivity index (χ2v) is 7.56. The Kier molecular flexibility index (Phi) is 4.94. The minimum Gasteiger partial charge on any atom is -0.225 e. The van der Waals surface area contributed by atoms with E-state index in [-0.39, 0.29) is 17.6 Å². The van der Waals surface area contributed by atoms with Gasteiger partial charge in [0.25, 0.3) is 0 Å². The molecule has 6 heteroatoms. The first-order valence-corrected chi connectivity index (χ1v) is 7.05. The molecule has 0 radical (unpaired) electrons. The third-order valence-electron chi connectivity index (χ3n) is 3.25. The average molecular weight is 292 g/mol. The van der Waals surface area contributed by atoms with Crippen LogP contribution in [0.2, 0.25) is 0 Å². The maximum atomic E-state index is 13.1. The van der Waals surface area contributed by atoms with Crippen LogP contribution >= 0.6 is 11.9 Å². The zero-order chi connectivity index (χ0) is 14.7. The van der Waals surface area contributed by atoms with Crippen LogP contribution in [0.4, 0.5) is 13.2 Å². The number of rotatable bonds is 2. The number of halogens is 3. The van der Waals surface area contributed by atoms with Gasteiger partial charge in [-0.05, 0) is 58.4 Å². The highest BCUT2D eigenvalue weighted by atomic mass is 32.2. The van der Waals surface area contributed by atoms with Crippen molar-refractivity contribution in [3.05, 3.63) is 0 Å². The number of nitriles is 1. The molecule has 0 heterocycles. The zero-order valence-corrected chi connectivity index (χ0v) is 12.3. The molecule has 1 saturated carbocycles. The fourth-order valence-electron chi connectivity index (χ4n) is 2.02. The monoisotopic (exact) mass is 292 g/mol. The van der Waals surface area contributed by atoms with Crippen molar-refractivity contribution < 1.29 is 13.2 Å². The van der Waals surface area contributed by atoms with Crippen molar-refractivity contribution in [2.45, 2.75) is 63.8 Å². The Bertz CT molecular complexity index is 378. The largest absolute Gasteiger partial charge is 0.395 e. The van der Waals surface area contributed by atoms with Gasteiger partial charge in [0.15, 0.2) is 0 Å². The van der Waals surface area contributed by atoms with Gasteiger partial charge in [-0.2, -0.15) is 18.4 Å². The lowest BCUT2D eigenvalue weighted by atomic mass is 9.71. The van der Waals surface area contributed by atoms with Gasteiger partial charge in [-0.3, -0.25) is 0 Å². The number of alkyl halides is 3. The summed E-state index contributed by atoms with van der Waals surface area (Å²) in [5.41, 5.74) is -0.995. The molecule has 19 heavy (non-hydrogen) atoms. The van der Waals surface area contributed by atoms with Crippen molar-refractivity contribution in [2.24, 2.45) is 9.81 Å². The molecule has 1 aliphatic rings. The van der Waals surface area contributed by atoms with E-state index in [9.17, 15) is 13.2 Å². The fraction of sp³-hybridized carbons (Fsp3) is 0.846. The van der Waals surface area contributed by atoms with Gasteiger partial charge in [-0.25, -0.2) is 4.40 Å². The molecule has 0 aromatic rings. The fourth-order valence-corrected chi connectivity index (χ4v) is 2.61. The molecule has 1 fully saturated rings. The molecular weight excluding hydrogens is 273 g/mol. The molecule has 0 aliphatic heterocycles. The molecule has 0 spiro atoms. The van der Waals surface area contributed by atoms with E-state index in [4.69, 9.17) is 5.26 Å². The molecule has 0 bridgehead atoms. The summed E-state index contributed by atoms with van der Waals surface area (Å²) in [6.07, 6.45) is -4.11. The minimum atomic E-state index is -4.30. The lowest BCUT2D eigenvalue weighted by Crippen LogP contribution is -2.41. The van der Waals surface area contributed by atoms with Crippen LogP contribution in [-0.2, 0) is 0 Å². The van der Waals surface area contributed by atoms with Gasteiger partial charge in [-0.1, -0.05) is 0 Å². The maximum Gasteiger partial charge on any atom is 0.395 e. The smallest absolute Gasteiger partial charge is 0.225 e. The van der Waals surface area contributed by atoms with Crippen LogP contribution in [0.3, 0.4) is 0 Å². The predicted molar refractivity (Wildman–Crippen MR) is 72.0 cm³/mol. The lowest BCUT2D eigenvalue weighted by molar-refractivity contribution is -0.228. The Labute approximate surface area is 116 Å². The summed E-state index contributed by atoms with van der Waals surface area (Å²) in [5.74, 6) is 0. The Morgan fingerprint density at radius 1 is 1.26 bits per heavy atom. The molecular formula is C13H19F3N2S. The quantitative estimate of drug-likeness (QED) is 0.678. The summed E-state index contributed by atoms with van der Waals surface area (Å²) >= 11 is 1.40. The van der Waals surface area contributed by atoms with Crippen LogP contribution in [0.25, 0.3) is 0 Å². The Hall–Kier alpha value is -0.700. The first-order valence-electron chi connectivity index (χ1n) is 6.27. The Morgan fingerprint density at radius 2 is 1.79 bits per heavy atom. The van der Waals surface area contributed by atoms with E-state index in [0.29, 0.717) is 12.8 Å². The summed E-state index contributed by atoms with van der Waals surface area (Å²) in [4.78, 5) is 0. The van der Waals surface area contributed by atoms with Crippen LogP contribution in [-0.4, -0.2) is 16.6 Å². The van der Waals surface area contributed by atoms with Crippen molar-refractivity contribution in [1.29, 1.82) is 5.26 Å². The van der Waals surface area contributed by atoms with Crippen LogP contribution in [0, 0.1) is 16.7 Å². The van der Waals surface area contributed by atoms with Crippen molar-refractivity contribution in [2.75, 3.05) is 0 Å². The third-order valence-corrected chi connectivity index (χ3v) is 4.15. The molecule has 0 atom stereocenters. The number of hydrogen-bond acceptors (Lipinski definition) is 3. The highest BCUT2D eigenvalue weighted by Crippen LogP contribution is 2.50. The molecule has 108 valence electrons. The zero-order valence-electron chi connectivity index (χ0n) is 11.5. The van der Waals surface area contributed by atoms with Crippen molar-refractivity contribution in [3.8, 4) is 6.07 Å². The second-order valence-electron chi connectivity index (χ2n) is 5.97. The molecule has 0 N–H and O–H groups in total. The maximum absolute atomic E-state index is 13.1. The second kappa shape index (κ2) is 5.74. The van der Waals surface area contributed by atoms with Crippen LogP contribution < -0.4 is 0 Å². The molecule has 0 unspecified atom stereocenters. The summed E-state index contributed by atoms with van der Waals surface area (Å²) in [6, 6.07) is 1.69. The Morgan fingerprint density at radius 3 is 2.16 bits per heavy atom. The van der Waals surface area contributed by atoms with E-state index in [2.05, 4.69) is 4.40 Å². The van der Waals surface area contributed by atoms with Crippen LogP contribution in [0.5, 0.6) is 0 Å². The molecule has 0 aromatic carbocycles. The highest BCUT2D eigenvalue weighted by molar-refractivity contribution is 7.99. The van der Waals surface area contributed by atoms with Gasteiger partial charge in [0, 0.05) is 16.9 Å². The molecule has 1 aliphatic carbocycles. The molecule has 0 saturated heterocycles. The van der Waals surface area contributed by atoms with Crippen molar-refractivity contribution in [3.63, 3.8) is 0 Å². The first-order chi connectivity index (χ1) is 8.60. The number of nitrogens with zero attached hydrogens (tertiary/aromatic N) is 2. The van der Waals surface area contributed by atoms with Gasteiger partial charge in [-0.15, -0.1) is 0 Å². The lowest BCUT2D eigenvalue weighted by Gasteiger charge is -2.37. The van der Waals surface area contributed by atoms with E-state index in [1.807, 2.05) is 20.8 Å². The van der Waals surface area contributed by atoms with E-state index >= 15 is 0 Å². The molecule has 0 aromatic heterocycles. The van der Waals surface area contributed by atoms with E-state index < -0.39 is 18.0 Å². The van der Waals surface area contributed by atoms with Crippen LogP contribution in [0.15, 0.2) is 4.40 Å². The van der Waals surface area contributed by atoms with Gasteiger partial charge in [0.05, 0.1) is 11.5 Å². The minimum absolute atomic E-state index is 0.0202. The summed E-state index contributed by atoms with van der Waals surface area (Å²) in [6.45, 7) is 6.04. The van der Waals surface area contributed by atoms with E-state index in [1.54, 1.807) is 6.07 Å². The number of hydrogen-bond donors (Lipinski definition) is 0. The molecule has 2 nitrogen and oxygen atoms in total.